The van der Waals surface area contributed by atoms with E-state index in [1.54, 1.807) is 0 Å². The quantitative estimate of drug-likeness (QED) is 0.736. The van der Waals surface area contributed by atoms with E-state index in [0.717, 1.165) is 37.0 Å². The summed E-state index contributed by atoms with van der Waals surface area (Å²) in [5, 5.41) is 13.9. The van der Waals surface area contributed by atoms with Gasteiger partial charge in [0.2, 0.25) is 0 Å². The Morgan fingerprint density at radius 3 is 2.43 bits per heavy atom. The van der Waals surface area contributed by atoms with Crippen LogP contribution in [0.1, 0.15) is 39.0 Å². The lowest BCUT2D eigenvalue weighted by Gasteiger charge is -2.30. The second-order valence-corrected chi connectivity index (χ2v) is 6.13. The first kappa shape index (κ1) is 10.8. The Balaban J connectivity index is 1.74. The number of rotatable bonds is 2. The molecule has 1 heterocycles. The van der Waals surface area contributed by atoms with Gasteiger partial charge in [-0.15, -0.1) is 0 Å². The van der Waals surface area contributed by atoms with Crippen LogP contribution in [0.5, 0.6) is 0 Å². The molecule has 0 aromatic heterocycles. The van der Waals surface area contributed by atoms with E-state index in [-0.39, 0.29) is 6.10 Å². The Bertz CT molecular complexity index is 180. The molecule has 82 valence electrons. The number of nitrogens with one attached hydrogen (secondary N) is 1. The fourth-order valence-electron chi connectivity index (χ4n) is 2.50. The van der Waals surface area contributed by atoms with Gasteiger partial charge < -0.3 is 10.4 Å². The van der Waals surface area contributed by atoms with Crippen LogP contribution < -0.4 is 5.32 Å². The SMILES string of the molecule is CC1SCCC1NC1CCC(O)CC1. The fraction of sp³-hybridized carbons (Fsp3) is 1.00. The van der Waals surface area contributed by atoms with Crippen molar-refractivity contribution in [3.8, 4) is 0 Å². The van der Waals surface area contributed by atoms with E-state index in [0.29, 0.717) is 6.04 Å². The van der Waals surface area contributed by atoms with Crippen molar-refractivity contribution >= 4 is 11.8 Å². The molecular formula is C11H21NOS. The molecule has 2 rings (SSSR count). The maximum absolute atomic E-state index is 9.41. The molecule has 3 heteroatoms. The zero-order chi connectivity index (χ0) is 9.97. The van der Waals surface area contributed by atoms with Crippen molar-refractivity contribution in [2.45, 2.75) is 62.5 Å². The maximum atomic E-state index is 9.41. The van der Waals surface area contributed by atoms with E-state index in [4.69, 9.17) is 0 Å². The summed E-state index contributed by atoms with van der Waals surface area (Å²) in [5.41, 5.74) is 0. The molecule has 0 bridgehead atoms. The van der Waals surface area contributed by atoms with Crippen molar-refractivity contribution in [1.29, 1.82) is 0 Å². The highest BCUT2D eigenvalue weighted by atomic mass is 32.2. The molecule has 1 saturated heterocycles. The van der Waals surface area contributed by atoms with Gasteiger partial charge in [-0.2, -0.15) is 11.8 Å². The fourth-order valence-corrected chi connectivity index (χ4v) is 3.70. The van der Waals surface area contributed by atoms with Crippen LogP contribution in [0.4, 0.5) is 0 Å². The topological polar surface area (TPSA) is 32.3 Å². The maximum Gasteiger partial charge on any atom is 0.0541 e. The van der Waals surface area contributed by atoms with E-state index >= 15 is 0 Å². The number of thioether (sulfide) groups is 1. The Labute approximate surface area is 90.8 Å². The van der Waals surface area contributed by atoms with Crippen LogP contribution >= 0.6 is 11.8 Å². The van der Waals surface area contributed by atoms with Crippen molar-refractivity contribution < 1.29 is 5.11 Å². The highest BCUT2D eigenvalue weighted by Gasteiger charge is 2.27. The van der Waals surface area contributed by atoms with E-state index < -0.39 is 0 Å². The smallest absolute Gasteiger partial charge is 0.0541 e. The number of aliphatic hydroxyl groups is 1. The zero-order valence-electron chi connectivity index (χ0n) is 8.91. The molecule has 2 fully saturated rings. The van der Waals surface area contributed by atoms with Gasteiger partial charge in [0.25, 0.3) is 0 Å². The first-order valence-electron chi connectivity index (χ1n) is 5.81. The third-order valence-electron chi connectivity index (χ3n) is 3.52. The summed E-state index contributed by atoms with van der Waals surface area (Å²) in [6, 6.07) is 1.39. The summed E-state index contributed by atoms with van der Waals surface area (Å²) in [5.74, 6) is 1.31. The minimum absolute atomic E-state index is 0.0246. The van der Waals surface area contributed by atoms with Crippen LogP contribution in [0, 0.1) is 0 Å². The van der Waals surface area contributed by atoms with Crippen molar-refractivity contribution in [3.63, 3.8) is 0 Å². The molecule has 2 atom stereocenters. The van der Waals surface area contributed by atoms with Crippen LogP contribution in [-0.2, 0) is 0 Å². The van der Waals surface area contributed by atoms with Gasteiger partial charge in [0.1, 0.15) is 0 Å². The summed E-state index contributed by atoms with van der Waals surface area (Å²) in [4.78, 5) is 0. The lowest BCUT2D eigenvalue weighted by Crippen LogP contribution is -2.43. The van der Waals surface area contributed by atoms with Gasteiger partial charge in [-0.1, -0.05) is 6.92 Å². The molecule has 2 nitrogen and oxygen atoms in total. The molecule has 1 aliphatic carbocycles. The van der Waals surface area contributed by atoms with Gasteiger partial charge in [-0.3, -0.25) is 0 Å². The van der Waals surface area contributed by atoms with Gasteiger partial charge in [-0.05, 0) is 37.9 Å². The molecule has 0 aromatic rings. The average molecular weight is 215 g/mol. The Morgan fingerprint density at radius 2 is 1.86 bits per heavy atom. The number of aliphatic hydroxyl groups excluding tert-OH is 1. The third-order valence-corrected chi connectivity index (χ3v) is 4.85. The minimum atomic E-state index is -0.0246. The predicted molar refractivity (Wildman–Crippen MR) is 61.7 cm³/mol. The van der Waals surface area contributed by atoms with Gasteiger partial charge in [0.05, 0.1) is 6.10 Å². The molecule has 14 heavy (non-hydrogen) atoms. The molecule has 1 aliphatic heterocycles. The number of hydrogen-bond donors (Lipinski definition) is 2. The summed E-state index contributed by atoms with van der Waals surface area (Å²) in [6.07, 6.45) is 5.61. The molecule has 1 saturated carbocycles. The first-order chi connectivity index (χ1) is 6.75. The predicted octanol–water partition coefficient (Wildman–Crippen LogP) is 1.77. The van der Waals surface area contributed by atoms with E-state index in [1.165, 1.54) is 12.2 Å². The van der Waals surface area contributed by atoms with Crippen LogP contribution in [0.15, 0.2) is 0 Å². The molecule has 2 unspecified atom stereocenters. The molecule has 0 aromatic carbocycles. The molecule has 0 amide bonds. The van der Waals surface area contributed by atoms with Gasteiger partial charge >= 0.3 is 0 Å². The lowest BCUT2D eigenvalue weighted by atomic mass is 9.92. The minimum Gasteiger partial charge on any atom is -0.393 e. The van der Waals surface area contributed by atoms with Crippen molar-refractivity contribution in [3.05, 3.63) is 0 Å². The summed E-state index contributed by atoms with van der Waals surface area (Å²) < 4.78 is 0. The molecule has 0 spiro atoms. The lowest BCUT2D eigenvalue weighted by molar-refractivity contribution is 0.114. The zero-order valence-corrected chi connectivity index (χ0v) is 9.72. The number of hydrogen-bond acceptors (Lipinski definition) is 3. The summed E-state index contributed by atoms with van der Waals surface area (Å²) >= 11 is 2.08. The van der Waals surface area contributed by atoms with Crippen LogP contribution in [0.25, 0.3) is 0 Å². The van der Waals surface area contributed by atoms with Gasteiger partial charge in [0.15, 0.2) is 0 Å². The van der Waals surface area contributed by atoms with Crippen molar-refractivity contribution in [2.24, 2.45) is 0 Å². The standard InChI is InChI=1S/C11H21NOS/c1-8-11(6-7-14-8)12-9-2-4-10(13)5-3-9/h8-13H,2-7H2,1H3. The second-order valence-electron chi connectivity index (χ2n) is 4.64. The first-order valence-corrected chi connectivity index (χ1v) is 6.86. The highest BCUT2D eigenvalue weighted by Crippen LogP contribution is 2.28. The van der Waals surface area contributed by atoms with Gasteiger partial charge in [-0.25, -0.2) is 0 Å². The van der Waals surface area contributed by atoms with Crippen molar-refractivity contribution in [1.82, 2.24) is 5.32 Å². The van der Waals surface area contributed by atoms with E-state index in [2.05, 4.69) is 24.0 Å². The molecular weight excluding hydrogens is 194 g/mol. The molecule has 0 radical (unpaired) electrons. The summed E-state index contributed by atoms with van der Waals surface area (Å²) in [6.45, 7) is 2.33. The molecule has 2 aliphatic rings. The van der Waals surface area contributed by atoms with E-state index in [9.17, 15) is 5.11 Å². The van der Waals surface area contributed by atoms with Crippen LogP contribution in [0.3, 0.4) is 0 Å². The Morgan fingerprint density at radius 1 is 1.14 bits per heavy atom. The van der Waals surface area contributed by atoms with Crippen LogP contribution in [-0.4, -0.2) is 34.3 Å². The highest BCUT2D eigenvalue weighted by molar-refractivity contribution is 8.00. The third kappa shape index (κ3) is 2.65. The normalized spacial score (nSPS) is 44.1. The Kier molecular flexibility index (Phi) is 3.74. The second kappa shape index (κ2) is 4.86. The van der Waals surface area contributed by atoms with Gasteiger partial charge in [0, 0.05) is 17.3 Å². The summed E-state index contributed by atoms with van der Waals surface area (Å²) in [7, 11) is 0. The average Bonchev–Trinajstić information content (AvgIpc) is 2.56. The molecule has 2 N–H and O–H groups in total. The van der Waals surface area contributed by atoms with E-state index in [1.807, 2.05) is 0 Å². The van der Waals surface area contributed by atoms with Crippen LogP contribution in [0.2, 0.25) is 0 Å². The monoisotopic (exact) mass is 215 g/mol. The largest absolute Gasteiger partial charge is 0.393 e. The van der Waals surface area contributed by atoms with Crippen molar-refractivity contribution in [2.75, 3.05) is 5.75 Å². The Hall–Kier alpha value is 0.270.